The Labute approximate surface area is 112 Å². The van der Waals surface area contributed by atoms with Gasteiger partial charge in [0.05, 0.1) is 4.92 Å². The molecule has 0 aliphatic heterocycles. The molecular weight excluding hydrogens is 298 g/mol. The smallest absolute Gasteiger partial charge is 0.314 e. The van der Waals surface area contributed by atoms with Gasteiger partial charge in [0.1, 0.15) is 5.75 Å². The second-order valence-electron chi connectivity index (χ2n) is 3.73. The number of nitro groups is 1. The number of benzene rings is 2. The van der Waals surface area contributed by atoms with Gasteiger partial charge in [-0.25, -0.2) is 0 Å². The molecule has 0 aliphatic carbocycles. The molecule has 0 fully saturated rings. The molecule has 0 heterocycles. The maximum atomic E-state index is 11.0. The number of rotatable bonds is 3. The van der Waals surface area contributed by atoms with Crippen LogP contribution in [0, 0.1) is 17.0 Å². The van der Waals surface area contributed by atoms with Crippen LogP contribution >= 0.6 is 15.9 Å². The quantitative estimate of drug-likeness (QED) is 0.621. The predicted molar refractivity (Wildman–Crippen MR) is 72.0 cm³/mol. The molecule has 0 aliphatic rings. The van der Waals surface area contributed by atoms with Crippen LogP contribution in [0.2, 0.25) is 0 Å². The summed E-state index contributed by atoms with van der Waals surface area (Å²) in [5.41, 5.74) is 0.579. The first-order valence-corrected chi connectivity index (χ1v) is 6.04. The summed E-state index contributed by atoms with van der Waals surface area (Å²) < 4.78 is 6.47. The molecule has 5 heteroatoms. The van der Waals surface area contributed by atoms with E-state index in [1.807, 2.05) is 12.1 Å². The summed E-state index contributed by atoms with van der Waals surface area (Å²) >= 11 is 3.32. The van der Waals surface area contributed by atoms with E-state index in [1.165, 1.54) is 0 Å². The van der Waals surface area contributed by atoms with E-state index in [0.717, 1.165) is 4.47 Å². The lowest BCUT2D eigenvalue weighted by Crippen LogP contribution is -1.95. The highest BCUT2D eigenvalue weighted by atomic mass is 79.9. The van der Waals surface area contributed by atoms with Gasteiger partial charge in [-0.15, -0.1) is 0 Å². The molecule has 0 aromatic heterocycles. The number of ether oxygens (including phenoxy) is 1. The van der Waals surface area contributed by atoms with Gasteiger partial charge in [0, 0.05) is 10.0 Å². The molecule has 0 radical (unpaired) electrons. The minimum atomic E-state index is -0.427. The van der Waals surface area contributed by atoms with E-state index in [4.69, 9.17) is 4.74 Å². The third kappa shape index (κ3) is 2.68. The number of hydrogen-bond acceptors (Lipinski definition) is 3. The fraction of sp³-hybridized carbons (Fsp3) is 0.0769. The molecule has 0 atom stereocenters. The maximum Gasteiger partial charge on any atom is 0.314 e. The van der Waals surface area contributed by atoms with Crippen molar-refractivity contribution in [2.24, 2.45) is 0 Å². The molecule has 0 N–H and O–H groups in total. The Morgan fingerprint density at radius 2 is 1.83 bits per heavy atom. The first-order valence-electron chi connectivity index (χ1n) is 5.25. The molecular formula is C13H10BrNO3. The minimum absolute atomic E-state index is 0.000388. The average molecular weight is 308 g/mol. The van der Waals surface area contributed by atoms with E-state index in [0.29, 0.717) is 11.3 Å². The van der Waals surface area contributed by atoms with Gasteiger partial charge in [0.15, 0.2) is 0 Å². The van der Waals surface area contributed by atoms with Crippen LogP contribution in [0.1, 0.15) is 5.56 Å². The second kappa shape index (κ2) is 5.18. The average Bonchev–Trinajstić information content (AvgIpc) is 2.32. The van der Waals surface area contributed by atoms with Gasteiger partial charge in [0.2, 0.25) is 5.75 Å². The molecule has 0 spiro atoms. The second-order valence-corrected chi connectivity index (χ2v) is 4.65. The van der Waals surface area contributed by atoms with Crippen molar-refractivity contribution >= 4 is 21.6 Å². The number of nitrogens with zero attached hydrogens (tertiary/aromatic N) is 1. The van der Waals surface area contributed by atoms with Gasteiger partial charge in [-0.3, -0.25) is 10.1 Å². The van der Waals surface area contributed by atoms with Crippen LogP contribution in [0.15, 0.2) is 46.9 Å². The van der Waals surface area contributed by atoms with E-state index in [1.54, 1.807) is 37.3 Å². The van der Waals surface area contributed by atoms with Crippen LogP contribution in [-0.4, -0.2) is 4.92 Å². The van der Waals surface area contributed by atoms with Gasteiger partial charge in [0.25, 0.3) is 0 Å². The standard InChI is InChI=1S/C13H10BrNO3/c1-9-3-2-4-12(13(9)15(16)17)18-11-7-5-10(14)6-8-11/h2-8H,1H3. The number of aryl methyl sites for hydroxylation is 1. The molecule has 4 nitrogen and oxygen atoms in total. The third-order valence-corrected chi connectivity index (χ3v) is 2.95. The van der Waals surface area contributed by atoms with Crippen LogP contribution in [0.5, 0.6) is 11.5 Å². The molecule has 18 heavy (non-hydrogen) atoms. The van der Waals surface area contributed by atoms with Gasteiger partial charge < -0.3 is 4.74 Å². The highest BCUT2D eigenvalue weighted by Crippen LogP contribution is 2.34. The summed E-state index contributed by atoms with van der Waals surface area (Å²) in [7, 11) is 0. The predicted octanol–water partition coefficient (Wildman–Crippen LogP) is 4.46. The zero-order chi connectivity index (χ0) is 13.1. The highest BCUT2D eigenvalue weighted by molar-refractivity contribution is 9.10. The molecule has 0 unspecified atom stereocenters. The molecule has 2 aromatic rings. The Balaban J connectivity index is 2.37. The van der Waals surface area contributed by atoms with Gasteiger partial charge in [-0.2, -0.15) is 0 Å². The summed E-state index contributed by atoms with van der Waals surface area (Å²) in [4.78, 5) is 10.6. The number of nitro benzene ring substituents is 1. The summed E-state index contributed by atoms with van der Waals surface area (Å²) in [5, 5.41) is 11.0. The fourth-order valence-corrected chi connectivity index (χ4v) is 1.84. The molecule has 2 rings (SSSR count). The Kier molecular flexibility index (Phi) is 3.62. The Morgan fingerprint density at radius 3 is 2.44 bits per heavy atom. The lowest BCUT2D eigenvalue weighted by Gasteiger charge is -2.07. The largest absolute Gasteiger partial charge is 0.450 e. The lowest BCUT2D eigenvalue weighted by molar-refractivity contribution is -0.386. The zero-order valence-electron chi connectivity index (χ0n) is 9.59. The maximum absolute atomic E-state index is 11.0. The Hall–Kier alpha value is -1.88. The highest BCUT2D eigenvalue weighted by Gasteiger charge is 2.18. The van der Waals surface area contributed by atoms with Crippen molar-refractivity contribution in [3.63, 3.8) is 0 Å². The first kappa shape index (κ1) is 12.6. The van der Waals surface area contributed by atoms with Crippen molar-refractivity contribution in [3.8, 4) is 11.5 Å². The lowest BCUT2D eigenvalue weighted by atomic mass is 10.2. The van der Waals surface area contributed by atoms with Crippen LogP contribution < -0.4 is 4.74 Å². The van der Waals surface area contributed by atoms with Crippen molar-refractivity contribution < 1.29 is 9.66 Å². The van der Waals surface area contributed by atoms with Crippen LogP contribution in [0.4, 0.5) is 5.69 Å². The van der Waals surface area contributed by atoms with E-state index >= 15 is 0 Å². The molecule has 92 valence electrons. The zero-order valence-corrected chi connectivity index (χ0v) is 11.2. The van der Waals surface area contributed by atoms with Crippen molar-refractivity contribution in [1.82, 2.24) is 0 Å². The van der Waals surface area contributed by atoms with Gasteiger partial charge in [-0.1, -0.05) is 28.1 Å². The summed E-state index contributed by atoms with van der Waals surface area (Å²) in [6.07, 6.45) is 0. The summed E-state index contributed by atoms with van der Waals surface area (Å²) in [5.74, 6) is 0.814. The van der Waals surface area contributed by atoms with E-state index in [9.17, 15) is 10.1 Å². The molecule has 0 bridgehead atoms. The molecule has 0 saturated heterocycles. The monoisotopic (exact) mass is 307 g/mol. The molecule has 0 saturated carbocycles. The van der Waals surface area contributed by atoms with E-state index in [-0.39, 0.29) is 11.4 Å². The topological polar surface area (TPSA) is 52.4 Å². The van der Waals surface area contributed by atoms with Crippen LogP contribution in [0.25, 0.3) is 0 Å². The minimum Gasteiger partial charge on any atom is -0.450 e. The van der Waals surface area contributed by atoms with Crippen molar-refractivity contribution in [1.29, 1.82) is 0 Å². The van der Waals surface area contributed by atoms with Gasteiger partial charge in [-0.05, 0) is 37.3 Å². The van der Waals surface area contributed by atoms with Gasteiger partial charge >= 0.3 is 5.69 Å². The third-order valence-electron chi connectivity index (χ3n) is 2.42. The normalized spacial score (nSPS) is 10.1. The van der Waals surface area contributed by atoms with Crippen molar-refractivity contribution in [3.05, 3.63) is 62.6 Å². The van der Waals surface area contributed by atoms with Crippen LogP contribution in [-0.2, 0) is 0 Å². The van der Waals surface area contributed by atoms with E-state index in [2.05, 4.69) is 15.9 Å². The Morgan fingerprint density at radius 1 is 1.17 bits per heavy atom. The fourth-order valence-electron chi connectivity index (χ4n) is 1.58. The molecule has 0 amide bonds. The summed E-state index contributed by atoms with van der Waals surface area (Å²) in [6.45, 7) is 1.69. The number of hydrogen-bond donors (Lipinski definition) is 0. The number of para-hydroxylation sites is 1. The number of halogens is 1. The van der Waals surface area contributed by atoms with Crippen molar-refractivity contribution in [2.45, 2.75) is 6.92 Å². The Bertz CT molecular complexity index is 581. The SMILES string of the molecule is Cc1cccc(Oc2ccc(Br)cc2)c1[N+](=O)[O-]. The van der Waals surface area contributed by atoms with E-state index < -0.39 is 4.92 Å². The van der Waals surface area contributed by atoms with Crippen LogP contribution in [0.3, 0.4) is 0 Å². The molecule has 2 aromatic carbocycles. The first-order chi connectivity index (χ1) is 8.58. The summed E-state index contributed by atoms with van der Waals surface area (Å²) in [6, 6.07) is 12.1. The van der Waals surface area contributed by atoms with Crippen molar-refractivity contribution in [2.75, 3.05) is 0 Å².